The van der Waals surface area contributed by atoms with Crippen molar-refractivity contribution in [2.24, 2.45) is 0 Å². The Morgan fingerprint density at radius 1 is 0.857 bits per heavy atom. The Morgan fingerprint density at radius 3 is 2.29 bits per heavy atom. The van der Waals surface area contributed by atoms with Crippen molar-refractivity contribution in [1.29, 1.82) is 0 Å². The zero-order valence-corrected chi connectivity index (χ0v) is 20.3. The van der Waals surface area contributed by atoms with Gasteiger partial charge in [0.25, 0.3) is 11.7 Å². The maximum atomic E-state index is 13.4. The number of benzene rings is 3. The lowest BCUT2D eigenvalue weighted by Gasteiger charge is -2.27. The van der Waals surface area contributed by atoms with Crippen molar-refractivity contribution in [3.63, 3.8) is 0 Å². The molecule has 1 heterocycles. The third-order valence-electron chi connectivity index (χ3n) is 6.14. The van der Waals surface area contributed by atoms with Gasteiger partial charge in [-0.2, -0.15) is 0 Å². The van der Waals surface area contributed by atoms with Crippen LogP contribution < -0.4 is 19.1 Å². The smallest absolute Gasteiger partial charge is 0.300 e. The van der Waals surface area contributed by atoms with Gasteiger partial charge in [-0.25, -0.2) is 0 Å². The molecule has 1 aliphatic heterocycles. The van der Waals surface area contributed by atoms with Crippen molar-refractivity contribution < 1.29 is 28.9 Å². The number of rotatable bonds is 6. The highest BCUT2D eigenvalue weighted by atomic mass is 16.5. The van der Waals surface area contributed by atoms with Crippen LogP contribution >= 0.6 is 0 Å². The standard InChI is InChI=1S/C28H27NO6/c1-16-9-10-17(2)21(13-16)29-25(18-7-6-8-20(14-18)33-3)24(27(31)28(29)32)26(30)19-11-12-22(34-4)23(15-19)35-5/h6-15,25,30H,1-5H3/b26-24-. The number of aliphatic hydroxyl groups is 1. The fourth-order valence-electron chi connectivity index (χ4n) is 4.33. The van der Waals surface area contributed by atoms with Gasteiger partial charge in [-0.15, -0.1) is 0 Å². The molecule has 0 bridgehead atoms. The van der Waals surface area contributed by atoms with E-state index in [9.17, 15) is 14.7 Å². The van der Waals surface area contributed by atoms with Gasteiger partial charge in [0.2, 0.25) is 0 Å². The van der Waals surface area contributed by atoms with Crippen LogP contribution in [-0.2, 0) is 9.59 Å². The van der Waals surface area contributed by atoms with Crippen LogP contribution in [0, 0.1) is 13.8 Å². The first-order valence-electron chi connectivity index (χ1n) is 11.0. The molecule has 1 unspecified atom stereocenters. The molecule has 1 amide bonds. The van der Waals surface area contributed by atoms with Gasteiger partial charge in [-0.05, 0) is 66.9 Å². The van der Waals surface area contributed by atoms with Crippen molar-refractivity contribution >= 4 is 23.1 Å². The summed E-state index contributed by atoms with van der Waals surface area (Å²) < 4.78 is 16.0. The zero-order valence-electron chi connectivity index (χ0n) is 20.3. The van der Waals surface area contributed by atoms with E-state index in [1.165, 1.54) is 19.1 Å². The number of Topliss-reactive ketones (excluding diaryl/α,β-unsaturated/α-hetero) is 1. The average Bonchev–Trinajstić information content (AvgIpc) is 3.14. The molecule has 0 radical (unpaired) electrons. The lowest BCUT2D eigenvalue weighted by molar-refractivity contribution is -0.132. The van der Waals surface area contributed by atoms with E-state index in [2.05, 4.69) is 0 Å². The highest BCUT2D eigenvalue weighted by molar-refractivity contribution is 6.51. The molecule has 1 aliphatic rings. The van der Waals surface area contributed by atoms with Crippen molar-refractivity contribution in [2.45, 2.75) is 19.9 Å². The maximum absolute atomic E-state index is 13.4. The molecule has 3 aromatic carbocycles. The second-order valence-electron chi connectivity index (χ2n) is 8.31. The molecular formula is C28H27NO6. The molecule has 0 aromatic heterocycles. The third-order valence-corrected chi connectivity index (χ3v) is 6.14. The minimum atomic E-state index is -0.862. The summed E-state index contributed by atoms with van der Waals surface area (Å²) in [5, 5.41) is 11.4. The van der Waals surface area contributed by atoms with Crippen LogP contribution in [0.25, 0.3) is 5.76 Å². The van der Waals surface area contributed by atoms with Crippen molar-refractivity contribution in [3.8, 4) is 17.2 Å². The Morgan fingerprint density at radius 2 is 1.60 bits per heavy atom. The summed E-state index contributed by atoms with van der Waals surface area (Å²) in [5.41, 5.74) is 3.32. The number of hydrogen-bond donors (Lipinski definition) is 1. The fraction of sp³-hybridized carbons (Fsp3) is 0.214. The van der Waals surface area contributed by atoms with E-state index >= 15 is 0 Å². The van der Waals surface area contributed by atoms with Gasteiger partial charge in [0.1, 0.15) is 11.5 Å². The molecule has 7 nitrogen and oxygen atoms in total. The van der Waals surface area contributed by atoms with Crippen LogP contribution in [0.5, 0.6) is 17.2 Å². The van der Waals surface area contributed by atoms with E-state index in [1.54, 1.807) is 49.6 Å². The van der Waals surface area contributed by atoms with Crippen LogP contribution in [0.4, 0.5) is 5.69 Å². The van der Waals surface area contributed by atoms with Crippen LogP contribution in [0.1, 0.15) is 28.3 Å². The molecule has 1 fully saturated rings. The van der Waals surface area contributed by atoms with Crippen molar-refractivity contribution in [2.75, 3.05) is 26.2 Å². The zero-order chi connectivity index (χ0) is 25.3. The number of amides is 1. The number of anilines is 1. The number of carbonyl (C=O) groups is 2. The molecule has 1 N–H and O–H groups in total. The Balaban J connectivity index is 1.99. The highest BCUT2D eigenvalue weighted by Crippen LogP contribution is 2.44. The lowest BCUT2D eigenvalue weighted by atomic mass is 9.94. The number of ketones is 1. The van der Waals surface area contributed by atoms with Crippen molar-refractivity contribution in [3.05, 3.63) is 88.5 Å². The van der Waals surface area contributed by atoms with E-state index in [1.807, 2.05) is 32.0 Å². The first-order valence-corrected chi connectivity index (χ1v) is 11.0. The number of aliphatic hydroxyl groups excluding tert-OH is 1. The van der Waals surface area contributed by atoms with Gasteiger partial charge < -0.3 is 19.3 Å². The third kappa shape index (κ3) is 4.21. The maximum Gasteiger partial charge on any atom is 0.300 e. The van der Waals surface area contributed by atoms with E-state index in [-0.39, 0.29) is 11.3 Å². The summed E-state index contributed by atoms with van der Waals surface area (Å²) in [7, 11) is 4.54. The molecule has 1 atom stereocenters. The van der Waals surface area contributed by atoms with E-state index in [0.717, 1.165) is 11.1 Å². The van der Waals surface area contributed by atoms with Gasteiger partial charge >= 0.3 is 0 Å². The molecule has 35 heavy (non-hydrogen) atoms. The van der Waals surface area contributed by atoms with Gasteiger partial charge in [-0.1, -0.05) is 24.3 Å². The van der Waals surface area contributed by atoms with E-state index in [4.69, 9.17) is 14.2 Å². The number of ether oxygens (including phenoxy) is 3. The van der Waals surface area contributed by atoms with Gasteiger partial charge in [0.05, 0.1) is 32.9 Å². The molecular weight excluding hydrogens is 446 g/mol. The van der Waals surface area contributed by atoms with E-state index < -0.39 is 17.7 Å². The molecule has 3 aromatic rings. The quantitative estimate of drug-likeness (QED) is 0.310. The normalized spacial score (nSPS) is 16.9. The molecule has 4 rings (SSSR count). The predicted octanol–water partition coefficient (Wildman–Crippen LogP) is 4.96. The largest absolute Gasteiger partial charge is 0.507 e. The number of aryl methyl sites for hydroxylation is 2. The highest BCUT2D eigenvalue weighted by Gasteiger charge is 2.47. The van der Waals surface area contributed by atoms with Gasteiger partial charge in [0.15, 0.2) is 11.5 Å². The minimum absolute atomic E-state index is 0.0172. The molecule has 0 aliphatic carbocycles. The molecule has 0 spiro atoms. The second kappa shape index (κ2) is 9.54. The SMILES string of the molecule is COc1cccc(C2/C(=C(/O)c3ccc(OC)c(OC)c3)C(=O)C(=O)N2c2cc(C)ccc2C)c1. The summed E-state index contributed by atoms with van der Waals surface area (Å²) in [6, 6.07) is 16.8. The van der Waals surface area contributed by atoms with Crippen LogP contribution in [0.15, 0.2) is 66.2 Å². The summed E-state index contributed by atoms with van der Waals surface area (Å²) in [5.74, 6) is -0.355. The number of hydrogen-bond acceptors (Lipinski definition) is 6. The number of carbonyl (C=O) groups excluding carboxylic acids is 2. The monoisotopic (exact) mass is 473 g/mol. The van der Waals surface area contributed by atoms with Gasteiger partial charge in [0, 0.05) is 11.3 Å². The number of nitrogens with zero attached hydrogens (tertiary/aromatic N) is 1. The first-order chi connectivity index (χ1) is 16.8. The first kappa shape index (κ1) is 23.9. The predicted molar refractivity (Wildman–Crippen MR) is 133 cm³/mol. The summed E-state index contributed by atoms with van der Waals surface area (Å²) >= 11 is 0. The Kier molecular flexibility index (Phi) is 6.51. The van der Waals surface area contributed by atoms with Crippen molar-refractivity contribution in [1.82, 2.24) is 0 Å². The molecule has 180 valence electrons. The van der Waals surface area contributed by atoms with Crippen LogP contribution in [0.2, 0.25) is 0 Å². The Hall–Kier alpha value is -4.26. The minimum Gasteiger partial charge on any atom is -0.507 e. The second-order valence-corrected chi connectivity index (χ2v) is 8.31. The topological polar surface area (TPSA) is 85.3 Å². The van der Waals surface area contributed by atoms with Crippen LogP contribution in [0.3, 0.4) is 0 Å². The van der Waals surface area contributed by atoms with Gasteiger partial charge in [-0.3, -0.25) is 14.5 Å². The van der Waals surface area contributed by atoms with E-state index in [0.29, 0.717) is 34.1 Å². The Labute approximate surface area is 204 Å². The molecule has 0 saturated carbocycles. The summed E-state index contributed by atoms with van der Waals surface area (Å²) in [6.45, 7) is 3.80. The average molecular weight is 474 g/mol. The number of methoxy groups -OCH3 is 3. The summed E-state index contributed by atoms with van der Waals surface area (Å²) in [4.78, 5) is 28.3. The Bertz CT molecular complexity index is 1340. The fourth-order valence-corrected chi connectivity index (χ4v) is 4.33. The molecule has 7 heteroatoms. The molecule has 1 saturated heterocycles. The lowest BCUT2D eigenvalue weighted by Crippen LogP contribution is -2.30. The van der Waals surface area contributed by atoms with Crippen LogP contribution in [-0.4, -0.2) is 38.1 Å². The summed E-state index contributed by atoms with van der Waals surface area (Å²) in [6.07, 6.45) is 0.